The number of fused-ring (bicyclic) bond motifs is 1. The molecule has 0 radical (unpaired) electrons. The van der Waals surface area contributed by atoms with Gasteiger partial charge in [0.15, 0.2) is 0 Å². The van der Waals surface area contributed by atoms with E-state index in [2.05, 4.69) is 9.72 Å². The minimum atomic E-state index is -3.03. The lowest BCUT2D eigenvalue weighted by Gasteiger charge is -2.07. The van der Waals surface area contributed by atoms with Gasteiger partial charge in [0.1, 0.15) is 11.3 Å². The lowest BCUT2D eigenvalue weighted by molar-refractivity contribution is -0.0489. The number of hydrogen-bond acceptors (Lipinski definition) is 3. The van der Waals surface area contributed by atoms with Crippen molar-refractivity contribution in [1.29, 1.82) is 0 Å². The SMILES string of the molecule is O=C(O)c1c[nH]c2c(OC(F)F)cccc2c1=O. The number of benzene rings is 1. The Morgan fingerprint density at radius 2 is 2.11 bits per heavy atom. The van der Waals surface area contributed by atoms with Crippen molar-refractivity contribution in [2.24, 2.45) is 0 Å². The molecule has 2 N–H and O–H groups in total. The molecule has 0 amide bonds. The molecule has 1 aromatic heterocycles. The number of pyridine rings is 1. The summed E-state index contributed by atoms with van der Waals surface area (Å²) in [6.45, 7) is -3.03. The Kier molecular flexibility index (Phi) is 2.97. The predicted molar refractivity (Wildman–Crippen MR) is 58.2 cm³/mol. The van der Waals surface area contributed by atoms with Crippen molar-refractivity contribution in [2.45, 2.75) is 6.61 Å². The van der Waals surface area contributed by atoms with E-state index < -0.39 is 23.6 Å². The zero-order valence-corrected chi connectivity index (χ0v) is 8.81. The van der Waals surface area contributed by atoms with E-state index in [9.17, 15) is 18.4 Å². The maximum atomic E-state index is 12.1. The molecule has 0 fully saturated rings. The standard InChI is InChI=1S/C11H7F2NO4/c12-11(13)18-7-3-1-2-5-8(7)14-4-6(9(5)15)10(16)17/h1-4,11H,(H,14,15)(H,16,17). The Balaban J connectivity index is 2.70. The van der Waals surface area contributed by atoms with Gasteiger partial charge < -0.3 is 14.8 Å². The normalized spacial score (nSPS) is 10.8. The zero-order chi connectivity index (χ0) is 13.3. The Labute approximate surface area is 98.6 Å². The van der Waals surface area contributed by atoms with E-state index in [4.69, 9.17) is 5.11 Å². The van der Waals surface area contributed by atoms with Gasteiger partial charge >= 0.3 is 12.6 Å². The molecular weight excluding hydrogens is 248 g/mol. The Bertz CT molecular complexity index is 666. The molecule has 0 saturated carbocycles. The number of ether oxygens (including phenoxy) is 1. The van der Waals surface area contributed by atoms with Crippen LogP contribution in [0.1, 0.15) is 10.4 Å². The van der Waals surface area contributed by atoms with Gasteiger partial charge in [0.25, 0.3) is 0 Å². The number of hydrogen-bond donors (Lipinski definition) is 2. The van der Waals surface area contributed by atoms with E-state index in [1.165, 1.54) is 18.2 Å². The van der Waals surface area contributed by atoms with Gasteiger partial charge in [0, 0.05) is 6.20 Å². The molecule has 0 aliphatic carbocycles. The maximum Gasteiger partial charge on any atom is 0.387 e. The predicted octanol–water partition coefficient (Wildman–Crippen LogP) is 1.83. The molecule has 1 aromatic carbocycles. The van der Waals surface area contributed by atoms with Gasteiger partial charge in [-0.3, -0.25) is 4.79 Å². The molecule has 1 heterocycles. The van der Waals surface area contributed by atoms with E-state index in [0.717, 1.165) is 6.20 Å². The number of rotatable bonds is 3. The van der Waals surface area contributed by atoms with Crippen molar-refractivity contribution < 1.29 is 23.4 Å². The first-order valence-electron chi connectivity index (χ1n) is 4.83. The Morgan fingerprint density at radius 1 is 1.39 bits per heavy atom. The largest absolute Gasteiger partial charge is 0.477 e. The number of para-hydroxylation sites is 1. The summed E-state index contributed by atoms with van der Waals surface area (Å²) >= 11 is 0. The highest BCUT2D eigenvalue weighted by molar-refractivity contribution is 5.93. The molecule has 0 spiro atoms. The minimum absolute atomic E-state index is 0.0203. The van der Waals surface area contributed by atoms with Crippen LogP contribution in [0, 0.1) is 0 Å². The van der Waals surface area contributed by atoms with Gasteiger partial charge in [0.2, 0.25) is 5.43 Å². The molecule has 18 heavy (non-hydrogen) atoms. The fraction of sp³-hybridized carbons (Fsp3) is 0.0909. The van der Waals surface area contributed by atoms with Crippen LogP contribution in [0.3, 0.4) is 0 Å². The van der Waals surface area contributed by atoms with Crippen molar-refractivity contribution >= 4 is 16.9 Å². The van der Waals surface area contributed by atoms with Gasteiger partial charge in [-0.25, -0.2) is 4.79 Å². The number of halogens is 2. The average molecular weight is 255 g/mol. The number of carbonyl (C=O) groups is 1. The molecular formula is C11H7F2NO4. The van der Waals surface area contributed by atoms with E-state index in [1.807, 2.05) is 0 Å². The number of H-pyrrole nitrogens is 1. The molecule has 0 aliphatic rings. The van der Waals surface area contributed by atoms with E-state index >= 15 is 0 Å². The highest BCUT2D eigenvalue weighted by atomic mass is 19.3. The number of aromatic nitrogens is 1. The van der Waals surface area contributed by atoms with Gasteiger partial charge in [0.05, 0.1) is 10.9 Å². The Morgan fingerprint density at radius 3 is 2.72 bits per heavy atom. The lowest BCUT2D eigenvalue weighted by Crippen LogP contribution is -2.15. The molecule has 2 aromatic rings. The topological polar surface area (TPSA) is 79.4 Å². The monoisotopic (exact) mass is 255 g/mol. The fourth-order valence-corrected chi connectivity index (χ4v) is 1.58. The van der Waals surface area contributed by atoms with Gasteiger partial charge in [-0.2, -0.15) is 8.78 Å². The summed E-state index contributed by atoms with van der Waals surface area (Å²) in [5, 5.41) is 8.75. The summed E-state index contributed by atoms with van der Waals surface area (Å²) in [5.74, 6) is -1.60. The van der Waals surface area contributed by atoms with Crippen molar-refractivity contribution in [3.8, 4) is 5.75 Å². The summed E-state index contributed by atoms with van der Waals surface area (Å²) in [6.07, 6.45) is 0.950. The summed E-state index contributed by atoms with van der Waals surface area (Å²) < 4.78 is 28.5. The lowest BCUT2D eigenvalue weighted by atomic mass is 10.1. The van der Waals surface area contributed by atoms with Gasteiger partial charge in [-0.05, 0) is 12.1 Å². The molecule has 2 rings (SSSR count). The first kappa shape index (κ1) is 12.0. The van der Waals surface area contributed by atoms with Gasteiger partial charge in [-0.1, -0.05) is 6.07 Å². The average Bonchev–Trinajstić information content (AvgIpc) is 2.29. The number of aromatic carboxylic acids is 1. The summed E-state index contributed by atoms with van der Waals surface area (Å²) in [4.78, 5) is 25.0. The first-order chi connectivity index (χ1) is 8.50. The number of carboxylic acid groups (broad SMARTS) is 1. The van der Waals surface area contributed by atoms with Crippen LogP contribution >= 0.6 is 0 Å². The highest BCUT2D eigenvalue weighted by Crippen LogP contribution is 2.23. The molecule has 0 unspecified atom stereocenters. The van der Waals surface area contributed by atoms with Gasteiger partial charge in [-0.15, -0.1) is 0 Å². The van der Waals surface area contributed by atoms with Crippen LogP contribution in [-0.4, -0.2) is 22.7 Å². The Hall–Kier alpha value is -2.44. The van der Waals surface area contributed by atoms with E-state index in [0.29, 0.717) is 0 Å². The third-order valence-corrected chi connectivity index (χ3v) is 2.32. The smallest absolute Gasteiger partial charge is 0.387 e. The number of nitrogens with one attached hydrogen (secondary N) is 1. The second-order valence-electron chi connectivity index (χ2n) is 3.39. The number of aromatic amines is 1. The van der Waals surface area contributed by atoms with Crippen molar-refractivity contribution in [3.05, 3.63) is 40.2 Å². The number of alkyl halides is 2. The van der Waals surface area contributed by atoms with Crippen LogP contribution in [0.15, 0.2) is 29.2 Å². The zero-order valence-electron chi connectivity index (χ0n) is 8.81. The molecule has 0 atom stereocenters. The van der Waals surface area contributed by atoms with Crippen molar-refractivity contribution in [3.63, 3.8) is 0 Å². The molecule has 0 aliphatic heterocycles. The van der Waals surface area contributed by atoms with Crippen LogP contribution < -0.4 is 10.2 Å². The minimum Gasteiger partial charge on any atom is -0.477 e. The van der Waals surface area contributed by atoms with Crippen molar-refractivity contribution in [2.75, 3.05) is 0 Å². The van der Waals surface area contributed by atoms with E-state index in [-0.39, 0.29) is 16.7 Å². The highest BCUT2D eigenvalue weighted by Gasteiger charge is 2.15. The molecule has 94 valence electrons. The number of carboxylic acids is 1. The van der Waals surface area contributed by atoms with Crippen LogP contribution in [0.2, 0.25) is 0 Å². The quantitative estimate of drug-likeness (QED) is 0.876. The maximum absolute atomic E-state index is 12.1. The van der Waals surface area contributed by atoms with Crippen LogP contribution in [0.25, 0.3) is 10.9 Å². The molecule has 0 saturated heterocycles. The second kappa shape index (κ2) is 4.44. The molecule has 5 nitrogen and oxygen atoms in total. The molecule has 7 heteroatoms. The fourth-order valence-electron chi connectivity index (χ4n) is 1.58. The van der Waals surface area contributed by atoms with Crippen LogP contribution in [-0.2, 0) is 0 Å². The summed E-state index contributed by atoms with van der Waals surface area (Å²) in [6, 6.07) is 3.92. The van der Waals surface area contributed by atoms with E-state index in [1.54, 1.807) is 0 Å². The first-order valence-corrected chi connectivity index (χ1v) is 4.83. The van der Waals surface area contributed by atoms with Crippen LogP contribution in [0.5, 0.6) is 5.75 Å². The summed E-state index contributed by atoms with van der Waals surface area (Å²) in [5.41, 5.74) is -1.18. The summed E-state index contributed by atoms with van der Waals surface area (Å²) in [7, 11) is 0. The third kappa shape index (κ3) is 2.02. The van der Waals surface area contributed by atoms with Crippen molar-refractivity contribution in [1.82, 2.24) is 4.98 Å². The van der Waals surface area contributed by atoms with Crippen LogP contribution in [0.4, 0.5) is 8.78 Å². The second-order valence-corrected chi connectivity index (χ2v) is 3.39. The third-order valence-electron chi connectivity index (χ3n) is 2.32. The molecule has 0 bridgehead atoms.